The summed E-state index contributed by atoms with van der Waals surface area (Å²) < 4.78 is 12.8. The van der Waals surface area contributed by atoms with Gasteiger partial charge in [0.2, 0.25) is 0 Å². The van der Waals surface area contributed by atoms with Crippen LogP contribution in [0.2, 0.25) is 0 Å². The second-order valence-corrected chi connectivity index (χ2v) is 2.88. The van der Waals surface area contributed by atoms with E-state index in [0.29, 0.717) is 18.7 Å². The Bertz CT molecular complexity index is 299. The number of halogens is 1. The lowest BCUT2D eigenvalue weighted by atomic mass is 10.1. The minimum Gasteiger partial charge on any atom is -0.306 e. The monoisotopic (exact) mass is 181 g/mol. The van der Waals surface area contributed by atoms with Crippen molar-refractivity contribution in [2.24, 2.45) is 0 Å². The molecule has 2 nitrogen and oxygen atoms in total. The minimum absolute atomic E-state index is 0.195. The van der Waals surface area contributed by atoms with Crippen LogP contribution in [0, 0.1) is 12.7 Å². The molecule has 0 aliphatic heterocycles. The molecule has 13 heavy (non-hydrogen) atoms. The first kappa shape index (κ1) is 9.86. The van der Waals surface area contributed by atoms with Crippen molar-refractivity contribution in [3.8, 4) is 0 Å². The first-order chi connectivity index (χ1) is 6.24. The number of carbonyl (C=O) groups is 1. The van der Waals surface area contributed by atoms with Crippen molar-refractivity contribution in [2.75, 3.05) is 6.54 Å². The fourth-order valence-corrected chi connectivity index (χ4v) is 1.09. The van der Waals surface area contributed by atoms with Crippen LogP contribution in [0.5, 0.6) is 0 Å². The summed E-state index contributed by atoms with van der Waals surface area (Å²) in [7, 11) is 0. The van der Waals surface area contributed by atoms with Gasteiger partial charge in [0, 0.05) is 6.54 Å². The fourth-order valence-electron chi connectivity index (χ4n) is 1.09. The van der Waals surface area contributed by atoms with Gasteiger partial charge in [0.25, 0.3) is 0 Å². The smallest absolute Gasteiger partial charge is 0.133 e. The van der Waals surface area contributed by atoms with Crippen molar-refractivity contribution >= 4 is 6.29 Å². The molecular formula is C10H12FNO. The second kappa shape index (κ2) is 4.72. The first-order valence-electron chi connectivity index (χ1n) is 4.13. The highest BCUT2D eigenvalue weighted by molar-refractivity contribution is 5.51. The molecule has 1 rings (SSSR count). The van der Waals surface area contributed by atoms with Crippen LogP contribution in [0.4, 0.5) is 4.39 Å². The molecule has 0 spiro atoms. The third kappa shape index (κ3) is 2.95. The molecular weight excluding hydrogens is 169 g/mol. The van der Waals surface area contributed by atoms with Crippen LogP contribution in [-0.4, -0.2) is 12.8 Å². The lowest BCUT2D eigenvalue weighted by Gasteiger charge is -2.03. The SMILES string of the molecule is Cc1cc(CNCC=O)ccc1F. The predicted octanol–water partition coefficient (Wildman–Crippen LogP) is 1.42. The summed E-state index contributed by atoms with van der Waals surface area (Å²) in [6.45, 7) is 2.65. The van der Waals surface area contributed by atoms with E-state index in [-0.39, 0.29) is 5.82 Å². The number of rotatable bonds is 4. The van der Waals surface area contributed by atoms with Crippen LogP contribution in [-0.2, 0) is 11.3 Å². The maximum Gasteiger partial charge on any atom is 0.133 e. The molecule has 0 fully saturated rings. The van der Waals surface area contributed by atoms with E-state index in [4.69, 9.17) is 0 Å². The Balaban J connectivity index is 2.57. The van der Waals surface area contributed by atoms with Gasteiger partial charge in [0.1, 0.15) is 12.1 Å². The average molecular weight is 181 g/mol. The van der Waals surface area contributed by atoms with Crippen LogP contribution in [0.3, 0.4) is 0 Å². The Kier molecular flexibility index (Phi) is 3.58. The Morgan fingerprint density at radius 1 is 1.54 bits per heavy atom. The molecule has 0 saturated carbocycles. The van der Waals surface area contributed by atoms with E-state index in [1.165, 1.54) is 6.07 Å². The summed E-state index contributed by atoms with van der Waals surface area (Å²) >= 11 is 0. The lowest BCUT2D eigenvalue weighted by Crippen LogP contribution is -2.15. The molecule has 0 aromatic heterocycles. The zero-order valence-electron chi connectivity index (χ0n) is 7.51. The largest absolute Gasteiger partial charge is 0.306 e. The zero-order valence-corrected chi connectivity index (χ0v) is 7.51. The van der Waals surface area contributed by atoms with Crippen LogP contribution < -0.4 is 5.32 Å². The quantitative estimate of drug-likeness (QED) is 0.562. The van der Waals surface area contributed by atoms with Crippen molar-refractivity contribution in [2.45, 2.75) is 13.5 Å². The molecule has 0 atom stereocenters. The first-order valence-corrected chi connectivity index (χ1v) is 4.13. The average Bonchev–Trinajstić information content (AvgIpc) is 2.12. The predicted molar refractivity (Wildman–Crippen MR) is 48.9 cm³/mol. The van der Waals surface area contributed by atoms with Gasteiger partial charge in [-0.15, -0.1) is 0 Å². The highest BCUT2D eigenvalue weighted by Gasteiger charge is 1.97. The number of carbonyl (C=O) groups excluding carboxylic acids is 1. The minimum atomic E-state index is -0.195. The molecule has 1 aromatic carbocycles. The van der Waals surface area contributed by atoms with E-state index in [1.807, 2.05) is 0 Å². The molecule has 1 N–H and O–H groups in total. The van der Waals surface area contributed by atoms with Crippen molar-refractivity contribution < 1.29 is 9.18 Å². The number of benzene rings is 1. The highest BCUT2D eigenvalue weighted by Crippen LogP contribution is 2.08. The molecule has 1 aromatic rings. The van der Waals surface area contributed by atoms with E-state index in [0.717, 1.165) is 11.8 Å². The van der Waals surface area contributed by atoms with Crippen molar-refractivity contribution in [1.29, 1.82) is 0 Å². The summed E-state index contributed by atoms with van der Waals surface area (Å²) in [6.07, 6.45) is 0.802. The summed E-state index contributed by atoms with van der Waals surface area (Å²) in [5.41, 5.74) is 1.62. The summed E-state index contributed by atoms with van der Waals surface area (Å²) in [6, 6.07) is 4.92. The summed E-state index contributed by atoms with van der Waals surface area (Å²) in [5, 5.41) is 2.91. The van der Waals surface area contributed by atoms with E-state index >= 15 is 0 Å². The van der Waals surface area contributed by atoms with Crippen LogP contribution in [0.25, 0.3) is 0 Å². The lowest BCUT2D eigenvalue weighted by molar-refractivity contribution is -0.107. The van der Waals surface area contributed by atoms with Gasteiger partial charge < -0.3 is 10.1 Å². The molecule has 70 valence electrons. The summed E-state index contributed by atoms with van der Waals surface area (Å²) in [4.78, 5) is 9.99. The van der Waals surface area contributed by atoms with E-state index in [2.05, 4.69) is 5.32 Å². The Labute approximate surface area is 76.8 Å². The maximum atomic E-state index is 12.8. The molecule has 0 bridgehead atoms. The standard InChI is InChI=1S/C10H12FNO/c1-8-6-9(2-3-10(8)11)7-12-4-5-13/h2-3,5-6,12H,4,7H2,1H3. The number of hydrogen-bond acceptors (Lipinski definition) is 2. The van der Waals surface area contributed by atoms with Gasteiger partial charge in [-0.2, -0.15) is 0 Å². The van der Waals surface area contributed by atoms with E-state index in [9.17, 15) is 9.18 Å². The maximum absolute atomic E-state index is 12.8. The molecule has 0 saturated heterocycles. The van der Waals surface area contributed by atoms with Gasteiger partial charge >= 0.3 is 0 Å². The van der Waals surface area contributed by atoms with Gasteiger partial charge in [0.15, 0.2) is 0 Å². The van der Waals surface area contributed by atoms with Crippen molar-refractivity contribution in [3.63, 3.8) is 0 Å². The highest BCUT2D eigenvalue weighted by atomic mass is 19.1. The van der Waals surface area contributed by atoms with Gasteiger partial charge in [0.05, 0.1) is 6.54 Å². The third-order valence-corrected chi connectivity index (χ3v) is 1.78. The normalized spacial score (nSPS) is 10.0. The fraction of sp³-hybridized carbons (Fsp3) is 0.300. The number of aryl methyl sites for hydroxylation is 1. The molecule has 3 heteroatoms. The Morgan fingerprint density at radius 3 is 2.92 bits per heavy atom. The van der Waals surface area contributed by atoms with Crippen molar-refractivity contribution in [1.82, 2.24) is 5.32 Å². The summed E-state index contributed by atoms with van der Waals surface area (Å²) in [5.74, 6) is -0.195. The Morgan fingerprint density at radius 2 is 2.31 bits per heavy atom. The van der Waals surface area contributed by atoms with Crippen molar-refractivity contribution in [3.05, 3.63) is 35.1 Å². The van der Waals surface area contributed by atoms with Gasteiger partial charge in [-0.25, -0.2) is 4.39 Å². The second-order valence-electron chi connectivity index (χ2n) is 2.88. The number of hydrogen-bond donors (Lipinski definition) is 1. The van der Waals surface area contributed by atoms with Crippen LogP contribution in [0.15, 0.2) is 18.2 Å². The van der Waals surface area contributed by atoms with Gasteiger partial charge in [-0.05, 0) is 24.1 Å². The Hall–Kier alpha value is -1.22. The van der Waals surface area contributed by atoms with E-state index in [1.54, 1.807) is 19.1 Å². The van der Waals surface area contributed by atoms with Gasteiger partial charge in [-0.1, -0.05) is 12.1 Å². The molecule has 0 amide bonds. The number of aldehydes is 1. The number of nitrogens with one attached hydrogen (secondary N) is 1. The molecule has 0 aliphatic carbocycles. The molecule has 0 unspecified atom stereocenters. The molecule has 0 radical (unpaired) electrons. The molecule has 0 aliphatic rings. The van der Waals surface area contributed by atoms with E-state index < -0.39 is 0 Å². The van der Waals surface area contributed by atoms with Crippen LogP contribution in [0.1, 0.15) is 11.1 Å². The van der Waals surface area contributed by atoms with Gasteiger partial charge in [-0.3, -0.25) is 0 Å². The molecule has 0 heterocycles. The third-order valence-electron chi connectivity index (χ3n) is 1.78. The van der Waals surface area contributed by atoms with Crippen LogP contribution >= 0.6 is 0 Å². The topological polar surface area (TPSA) is 29.1 Å². The zero-order chi connectivity index (χ0) is 9.68.